The number of carbonyl (C=O) groups is 1. The Kier molecular flexibility index (Phi) is 4.90. The fraction of sp³-hybridized carbons (Fsp3) is 0.417. The van der Waals surface area contributed by atoms with Gasteiger partial charge in [-0.3, -0.25) is 4.79 Å². The second kappa shape index (κ2) is 6.03. The van der Waals surface area contributed by atoms with Crippen molar-refractivity contribution in [3.05, 3.63) is 18.2 Å². The van der Waals surface area contributed by atoms with Crippen molar-refractivity contribution >= 4 is 27.3 Å². The van der Waals surface area contributed by atoms with Gasteiger partial charge in [-0.15, -0.1) is 0 Å². The molecule has 0 saturated heterocycles. The maximum Gasteiger partial charge on any atom is 0.243 e. The van der Waals surface area contributed by atoms with Crippen molar-refractivity contribution in [1.82, 2.24) is 4.31 Å². The Morgan fingerprint density at radius 2 is 1.89 bits per heavy atom. The second-order valence-electron chi connectivity index (χ2n) is 4.02. The standard InChI is InChI=1S/C12H19N3O3S/c1-4-15(5-2)19(17,18)10-6-7-12(11(13)8-10)14-9(3)16/h6-8H,4-5,13H2,1-3H3,(H,14,16). The highest BCUT2D eigenvalue weighted by Crippen LogP contribution is 2.24. The normalized spacial score (nSPS) is 11.6. The third kappa shape index (κ3) is 3.45. The fourth-order valence-corrected chi connectivity index (χ4v) is 3.21. The van der Waals surface area contributed by atoms with E-state index in [0.717, 1.165) is 0 Å². The average Bonchev–Trinajstić information content (AvgIpc) is 2.32. The highest BCUT2D eigenvalue weighted by Gasteiger charge is 2.22. The van der Waals surface area contributed by atoms with Gasteiger partial charge >= 0.3 is 0 Å². The molecule has 1 amide bonds. The smallest absolute Gasteiger partial charge is 0.243 e. The summed E-state index contributed by atoms with van der Waals surface area (Å²) in [6, 6.07) is 4.29. The van der Waals surface area contributed by atoms with E-state index in [1.54, 1.807) is 13.8 Å². The number of nitrogens with zero attached hydrogens (tertiary/aromatic N) is 1. The molecule has 0 unspecified atom stereocenters. The lowest BCUT2D eigenvalue weighted by Gasteiger charge is -2.19. The lowest BCUT2D eigenvalue weighted by molar-refractivity contribution is -0.114. The molecule has 1 rings (SSSR count). The third-order valence-corrected chi connectivity index (χ3v) is 4.72. The largest absolute Gasteiger partial charge is 0.397 e. The van der Waals surface area contributed by atoms with Crippen LogP contribution in [0.2, 0.25) is 0 Å². The lowest BCUT2D eigenvalue weighted by Crippen LogP contribution is -2.30. The summed E-state index contributed by atoms with van der Waals surface area (Å²) < 4.78 is 25.9. The van der Waals surface area contributed by atoms with Crippen LogP contribution >= 0.6 is 0 Å². The molecule has 0 aliphatic heterocycles. The first-order valence-electron chi connectivity index (χ1n) is 6.00. The van der Waals surface area contributed by atoms with E-state index in [9.17, 15) is 13.2 Å². The molecule has 7 heteroatoms. The quantitative estimate of drug-likeness (QED) is 0.796. The number of rotatable bonds is 5. The average molecular weight is 285 g/mol. The molecule has 0 bridgehead atoms. The molecule has 0 aromatic heterocycles. The topological polar surface area (TPSA) is 92.5 Å². The van der Waals surface area contributed by atoms with Gasteiger partial charge in [0.2, 0.25) is 15.9 Å². The maximum absolute atomic E-state index is 12.3. The minimum Gasteiger partial charge on any atom is -0.397 e. The lowest BCUT2D eigenvalue weighted by atomic mass is 10.2. The first-order valence-corrected chi connectivity index (χ1v) is 7.44. The van der Waals surface area contributed by atoms with Crippen molar-refractivity contribution in [2.45, 2.75) is 25.7 Å². The Bertz CT molecular complexity index is 566. The molecule has 3 N–H and O–H groups in total. The van der Waals surface area contributed by atoms with E-state index >= 15 is 0 Å². The molecule has 0 atom stereocenters. The number of nitrogens with one attached hydrogen (secondary N) is 1. The van der Waals surface area contributed by atoms with E-state index in [-0.39, 0.29) is 16.5 Å². The fourth-order valence-electron chi connectivity index (χ4n) is 1.72. The molecular weight excluding hydrogens is 266 g/mol. The van der Waals surface area contributed by atoms with E-state index in [0.29, 0.717) is 18.8 Å². The van der Waals surface area contributed by atoms with Gasteiger partial charge in [-0.2, -0.15) is 4.31 Å². The highest BCUT2D eigenvalue weighted by molar-refractivity contribution is 7.89. The Balaban J connectivity index is 3.17. The van der Waals surface area contributed by atoms with Gasteiger partial charge in [0.05, 0.1) is 16.3 Å². The number of amides is 1. The summed E-state index contributed by atoms with van der Waals surface area (Å²) in [6.45, 7) is 5.70. The predicted octanol–water partition coefficient (Wildman–Crippen LogP) is 1.26. The molecule has 0 aliphatic rings. The van der Waals surface area contributed by atoms with Gasteiger partial charge < -0.3 is 11.1 Å². The van der Waals surface area contributed by atoms with Crippen LogP contribution in [-0.4, -0.2) is 31.7 Å². The molecule has 0 saturated carbocycles. The van der Waals surface area contributed by atoms with Gasteiger partial charge in [0.25, 0.3) is 0 Å². The van der Waals surface area contributed by atoms with Crippen LogP contribution in [0.25, 0.3) is 0 Å². The minimum absolute atomic E-state index is 0.128. The maximum atomic E-state index is 12.3. The first-order chi connectivity index (χ1) is 8.82. The Labute approximate surface area is 113 Å². The second-order valence-corrected chi connectivity index (χ2v) is 5.96. The van der Waals surface area contributed by atoms with Gasteiger partial charge in [0, 0.05) is 20.0 Å². The van der Waals surface area contributed by atoms with Crippen molar-refractivity contribution in [2.75, 3.05) is 24.1 Å². The number of nitrogens with two attached hydrogens (primary N) is 1. The van der Waals surface area contributed by atoms with E-state index < -0.39 is 10.0 Å². The molecule has 6 nitrogen and oxygen atoms in total. The zero-order valence-electron chi connectivity index (χ0n) is 11.3. The summed E-state index contributed by atoms with van der Waals surface area (Å²) in [5.74, 6) is -0.258. The van der Waals surface area contributed by atoms with E-state index in [1.807, 2.05) is 0 Å². The zero-order chi connectivity index (χ0) is 14.6. The summed E-state index contributed by atoms with van der Waals surface area (Å²) in [7, 11) is -3.53. The Hall–Kier alpha value is -1.60. The van der Waals surface area contributed by atoms with Crippen LogP contribution in [0.15, 0.2) is 23.1 Å². The van der Waals surface area contributed by atoms with Crippen molar-refractivity contribution in [2.24, 2.45) is 0 Å². The van der Waals surface area contributed by atoms with Crippen molar-refractivity contribution in [1.29, 1.82) is 0 Å². The van der Waals surface area contributed by atoms with Crippen molar-refractivity contribution in [3.8, 4) is 0 Å². The van der Waals surface area contributed by atoms with Crippen LogP contribution in [0, 0.1) is 0 Å². The molecule has 0 fully saturated rings. The van der Waals surface area contributed by atoms with Crippen LogP contribution < -0.4 is 11.1 Å². The van der Waals surface area contributed by atoms with Crippen LogP contribution in [-0.2, 0) is 14.8 Å². The summed E-state index contributed by atoms with van der Waals surface area (Å²) in [5, 5.41) is 2.54. The SMILES string of the molecule is CCN(CC)S(=O)(=O)c1ccc(NC(C)=O)c(N)c1. The molecular formula is C12H19N3O3S. The van der Waals surface area contributed by atoms with Crippen LogP contribution in [0.4, 0.5) is 11.4 Å². The minimum atomic E-state index is -3.53. The molecule has 19 heavy (non-hydrogen) atoms. The highest BCUT2D eigenvalue weighted by atomic mass is 32.2. The third-order valence-electron chi connectivity index (χ3n) is 2.68. The van der Waals surface area contributed by atoms with Gasteiger partial charge in [0.1, 0.15) is 0 Å². The summed E-state index contributed by atoms with van der Waals surface area (Å²) in [4.78, 5) is 11.1. The molecule has 106 valence electrons. The number of benzene rings is 1. The Morgan fingerprint density at radius 3 is 2.32 bits per heavy atom. The summed E-state index contributed by atoms with van der Waals surface area (Å²) >= 11 is 0. The number of anilines is 2. The molecule has 0 spiro atoms. The summed E-state index contributed by atoms with van der Waals surface area (Å²) in [5.41, 5.74) is 6.39. The number of hydrogen-bond acceptors (Lipinski definition) is 4. The van der Waals surface area contributed by atoms with Gasteiger partial charge in [-0.05, 0) is 18.2 Å². The van der Waals surface area contributed by atoms with Crippen molar-refractivity contribution < 1.29 is 13.2 Å². The molecule has 1 aromatic carbocycles. The number of sulfonamides is 1. The number of hydrogen-bond donors (Lipinski definition) is 2. The van der Waals surface area contributed by atoms with Crippen LogP contribution in [0.5, 0.6) is 0 Å². The van der Waals surface area contributed by atoms with Gasteiger partial charge in [0.15, 0.2) is 0 Å². The predicted molar refractivity (Wildman–Crippen MR) is 75.3 cm³/mol. The van der Waals surface area contributed by atoms with Crippen LogP contribution in [0.1, 0.15) is 20.8 Å². The molecule has 1 aromatic rings. The van der Waals surface area contributed by atoms with Crippen molar-refractivity contribution in [3.63, 3.8) is 0 Å². The van der Waals surface area contributed by atoms with E-state index in [2.05, 4.69) is 5.32 Å². The van der Waals surface area contributed by atoms with E-state index in [4.69, 9.17) is 5.73 Å². The Morgan fingerprint density at radius 1 is 1.32 bits per heavy atom. The first kappa shape index (κ1) is 15.5. The van der Waals surface area contributed by atoms with E-state index in [1.165, 1.54) is 29.4 Å². The molecule has 0 radical (unpaired) electrons. The van der Waals surface area contributed by atoms with Crippen LogP contribution in [0.3, 0.4) is 0 Å². The van der Waals surface area contributed by atoms with Gasteiger partial charge in [-0.1, -0.05) is 13.8 Å². The molecule has 0 heterocycles. The molecule has 0 aliphatic carbocycles. The number of carbonyl (C=O) groups excluding carboxylic acids is 1. The number of nitrogen functional groups attached to an aromatic ring is 1. The summed E-state index contributed by atoms with van der Waals surface area (Å²) in [6.07, 6.45) is 0. The van der Waals surface area contributed by atoms with Gasteiger partial charge in [-0.25, -0.2) is 8.42 Å². The monoisotopic (exact) mass is 285 g/mol. The zero-order valence-corrected chi connectivity index (χ0v) is 12.1.